The number of nitrogens with two attached hydrogens (primary N) is 1. The van der Waals surface area contributed by atoms with E-state index in [2.05, 4.69) is 20.3 Å². The van der Waals surface area contributed by atoms with Crippen LogP contribution in [0.5, 0.6) is 0 Å². The first-order valence-corrected chi connectivity index (χ1v) is 8.94. The van der Waals surface area contributed by atoms with Gasteiger partial charge < -0.3 is 11.1 Å². The third-order valence-corrected chi connectivity index (χ3v) is 4.94. The van der Waals surface area contributed by atoms with Gasteiger partial charge in [0.1, 0.15) is 0 Å². The third kappa shape index (κ3) is 5.36. The zero-order valence-electron chi connectivity index (χ0n) is 13.5. The van der Waals surface area contributed by atoms with Crippen LogP contribution < -0.4 is 11.1 Å². The number of nitrogens with one attached hydrogen (secondary N) is 1. The Morgan fingerprint density at radius 3 is 2.62 bits per heavy atom. The Bertz CT molecular complexity index is 723. The second-order valence-corrected chi connectivity index (χ2v) is 7.65. The number of halogens is 3. The molecule has 0 aliphatic heterocycles. The molecule has 0 aliphatic carbocycles. The lowest BCUT2D eigenvalue weighted by Crippen LogP contribution is -2.23. The van der Waals surface area contributed by atoms with Crippen molar-refractivity contribution < 1.29 is 4.39 Å². The molecule has 1 unspecified atom stereocenters. The van der Waals surface area contributed by atoms with Crippen molar-refractivity contribution in [2.24, 2.45) is 0 Å². The van der Waals surface area contributed by atoms with E-state index in [1.165, 1.54) is 13.8 Å². The highest BCUT2D eigenvalue weighted by Crippen LogP contribution is 2.30. The van der Waals surface area contributed by atoms with Gasteiger partial charge in [-0.15, -0.1) is 11.8 Å². The van der Waals surface area contributed by atoms with Gasteiger partial charge in [0.2, 0.25) is 11.9 Å². The number of thioether (sulfide) groups is 1. The molecule has 1 aromatic carbocycles. The van der Waals surface area contributed by atoms with Gasteiger partial charge in [0.25, 0.3) is 0 Å². The minimum Gasteiger partial charge on any atom is -0.368 e. The first kappa shape index (κ1) is 19.0. The number of aromatic nitrogens is 3. The van der Waals surface area contributed by atoms with Gasteiger partial charge in [-0.3, -0.25) is 0 Å². The first-order valence-electron chi connectivity index (χ1n) is 7.20. The van der Waals surface area contributed by atoms with E-state index in [1.54, 1.807) is 23.9 Å². The molecule has 0 amide bonds. The lowest BCUT2D eigenvalue weighted by atomic mass is 10.1. The molecule has 0 spiro atoms. The molecule has 0 aliphatic rings. The van der Waals surface area contributed by atoms with Crippen LogP contribution in [0, 0.1) is 0 Å². The minimum absolute atomic E-state index is 0.000816. The van der Waals surface area contributed by atoms with Crippen LogP contribution in [0.1, 0.15) is 26.6 Å². The Labute approximate surface area is 154 Å². The summed E-state index contributed by atoms with van der Waals surface area (Å²) in [6.07, 6.45) is 0. The number of anilines is 2. The third-order valence-electron chi connectivity index (χ3n) is 2.94. The van der Waals surface area contributed by atoms with Crippen molar-refractivity contribution in [2.45, 2.75) is 37.4 Å². The van der Waals surface area contributed by atoms with E-state index in [1.807, 2.05) is 13.0 Å². The van der Waals surface area contributed by atoms with Gasteiger partial charge in [-0.05, 0) is 39.0 Å². The maximum atomic E-state index is 14.0. The van der Waals surface area contributed by atoms with E-state index >= 15 is 0 Å². The van der Waals surface area contributed by atoms with Crippen molar-refractivity contribution in [1.82, 2.24) is 15.0 Å². The summed E-state index contributed by atoms with van der Waals surface area (Å²) in [5.74, 6) is 0.923. The van der Waals surface area contributed by atoms with Crippen LogP contribution in [0.2, 0.25) is 10.0 Å². The maximum Gasteiger partial charge on any atom is 0.228 e. The second kappa shape index (κ2) is 7.72. The zero-order valence-corrected chi connectivity index (χ0v) is 15.8. The normalized spacial score (nSPS) is 12.9. The molecule has 0 radical (unpaired) electrons. The van der Waals surface area contributed by atoms with Crippen molar-refractivity contribution in [2.75, 3.05) is 16.8 Å². The first-order chi connectivity index (χ1) is 11.1. The summed E-state index contributed by atoms with van der Waals surface area (Å²) in [6.45, 7) is 4.69. The topological polar surface area (TPSA) is 76.7 Å². The molecule has 1 atom stereocenters. The van der Waals surface area contributed by atoms with Crippen molar-refractivity contribution in [3.05, 3.63) is 34.1 Å². The number of hydrogen-bond acceptors (Lipinski definition) is 6. The summed E-state index contributed by atoms with van der Waals surface area (Å²) in [5.41, 5.74) is 3.93. The molecular weight excluding hydrogens is 372 g/mol. The van der Waals surface area contributed by atoms with Crippen LogP contribution in [0.4, 0.5) is 16.3 Å². The highest BCUT2D eigenvalue weighted by atomic mass is 35.5. The molecule has 3 N–H and O–H groups in total. The average molecular weight is 390 g/mol. The van der Waals surface area contributed by atoms with Crippen LogP contribution >= 0.6 is 35.0 Å². The molecule has 1 aromatic heterocycles. The van der Waals surface area contributed by atoms with Gasteiger partial charge in [0.05, 0.1) is 5.02 Å². The van der Waals surface area contributed by atoms with E-state index < -0.39 is 5.67 Å². The highest BCUT2D eigenvalue weighted by molar-refractivity contribution is 7.99. The van der Waals surface area contributed by atoms with E-state index in [4.69, 9.17) is 28.9 Å². The minimum atomic E-state index is -1.69. The molecule has 24 heavy (non-hydrogen) atoms. The number of nitrogen functional groups attached to an aromatic ring is 1. The molecule has 0 saturated heterocycles. The van der Waals surface area contributed by atoms with Crippen LogP contribution in [-0.2, 0) is 5.67 Å². The van der Waals surface area contributed by atoms with Gasteiger partial charge in [0.15, 0.2) is 11.5 Å². The fourth-order valence-corrected chi connectivity index (χ4v) is 3.24. The summed E-state index contributed by atoms with van der Waals surface area (Å²) in [7, 11) is 0. The summed E-state index contributed by atoms with van der Waals surface area (Å²) in [6, 6.07) is 5.36. The molecule has 2 aromatic rings. The van der Waals surface area contributed by atoms with Crippen molar-refractivity contribution in [1.29, 1.82) is 0 Å². The van der Waals surface area contributed by atoms with Crippen molar-refractivity contribution in [3.8, 4) is 0 Å². The molecule has 0 fully saturated rings. The largest absolute Gasteiger partial charge is 0.368 e. The Morgan fingerprint density at radius 2 is 2.00 bits per heavy atom. The van der Waals surface area contributed by atoms with E-state index in [-0.39, 0.29) is 23.8 Å². The fraction of sp³-hybridized carbons (Fsp3) is 0.400. The average Bonchev–Trinajstić information content (AvgIpc) is 2.44. The van der Waals surface area contributed by atoms with E-state index in [0.29, 0.717) is 15.8 Å². The van der Waals surface area contributed by atoms with Crippen LogP contribution in [-0.4, -0.2) is 26.7 Å². The number of nitrogens with zero attached hydrogens (tertiary/aromatic N) is 3. The molecular formula is C15H18Cl2FN5S. The van der Waals surface area contributed by atoms with Crippen LogP contribution in [0.15, 0.2) is 23.1 Å². The maximum absolute atomic E-state index is 14.0. The summed E-state index contributed by atoms with van der Waals surface area (Å²) in [4.78, 5) is 12.8. The monoisotopic (exact) mass is 389 g/mol. The lowest BCUT2D eigenvalue weighted by molar-refractivity contribution is 0.206. The van der Waals surface area contributed by atoms with Gasteiger partial charge in [0, 0.05) is 21.7 Å². The van der Waals surface area contributed by atoms with Gasteiger partial charge >= 0.3 is 0 Å². The smallest absolute Gasteiger partial charge is 0.228 e. The second-order valence-electron chi connectivity index (χ2n) is 5.74. The standard InChI is InChI=1S/C15H18Cl2FN5S/c1-8(7-24-11-5-4-9(16)6-10(11)17)20-14-22-12(15(2,3)18)21-13(19)23-14/h4-6,8H,7H2,1-3H3,(H3,19,20,21,22,23). The quantitative estimate of drug-likeness (QED) is 0.705. The molecule has 130 valence electrons. The van der Waals surface area contributed by atoms with Crippen LogP contribution in [0.3, 0.4) is 0 Å². The fourth-order valence-electron chi connectivity index (χ4n) is 1.79. The summed E-state index contributed by atoms with van der Waals surface area (Å²) >= 11 is 13.6. The van der Waals surface area contributed by atoms with Crippen LogP contribution in [0.25, 0.3) is 0 Å². The lowest BCUT2D eigenvalue weighted by Gasteiger charge is -2.17. The van der Waals surface area contributed by atoms with Gasteiger partial charge in [-0.25, -0.2) is 4.39 Å². The van der Waals surface area contributed by atoms with E-state index in [9.17, 15) is 4.39 Å². The predicted octanol–water partition coefficient (Wildman–Crippen LogP) is 4.56. The number of benzene rings is 1. The van der Waals surface area contributed by atoms with Gasteiger partial charge in [-0.1, -0.05) is 23.2 Å². The Kier molecular flexibility index (Phi) is 6.11. The molecule has 9 heteroatoms. The molecule has 0 bridgehead atoms. The highest BCUT2D eigenvalue weighted by Gasteiger charge is 2.24. The van der Waals surface area contributed by atoms with Crippen molar-refractivity contribution in [3.63, 3.8) is 0 Å². The number of hydrogen-bond donors (Lipinski definition) is 2. The molecule has 1 heterocycles. The molecule has 5 nitrogen and oxygen atoms in total. The van der Waals surface area contributed by atoms with Crippen molar-refractivity contribution >= 4 is 46.9 Å². The number of alkyl halides is 1. The zero-order chi connectivity index (χ0) is 17.9. The molecule has 0 saturated carbocycles. The Hall–Kier alpha value is -1.31. The Morgan fingerprint density at radius 1 is 1.29 bits per heavy atom. The Balaban J connectivity index is 2.02. The summed E-state index contributed by atoms with van der Waals surface area (Å²) in [5, 5.41) is 4.29. The summed E-state index contributed by atoms with van der Waals surface area (Å²) < 4.78 is 14.0. The SMILES string of the molecule is CC(CSc1ccc(Cl)cc1Cl)Nc1nc(N)nc(C(C)(C)F)n1. The van der Waals surface area contributed by atoms with Gasteiger partial charge in [-0.2, -0.15) is 15.0 Å². The molecule has 2 rings (SSSR count). The predicted molar refractivity (Wildman–Crippen MR) is 98.6 cm³/mol. The van der Waals surface area contributed by atoms with E-state index in [0.717, 1.165) is 4.90 Å². The number of rotatable bonds is 6.